The molecule has 3 aromatic rings. The Morgan fingerprint density at radius 3 is 2.51 bits per heavy atom. The van der Waals surface area contributed by atoms with E-state index in [0.717, 1.165) is 31.2 Å². The first-order valence-corrected chi connectivity index (χ1v) is 15.0. The third-order valence-corrected chi connectivity index (χ3v) is 9.31. The first-order chi connectivity index (χ1) is 21.6. The van der Waals surface area contributed by atoms with Gasteiger partial charge in [-0.05, 0) is 53.5 Å². The zero-order valence-corrected chi connectivity index (χ0v) is 24.8. The van der Waals surface area contributed by atoms with Gasteiger partial charge in [-0.15, -0.1) is 0 Å². The first-order valence-electron chi connectivity index (χ1n) is 15.0. The second-order valence-electron chi connectivity index (χ2n) is 12.0. The highest BCUT2D eigenvalue weighted by atomic mass is 16.7. The summed E-state index contributed by atoms with van der Waals surface area (Å²) < 4.78 is 17.1. The summed E-state index contributed by atoms with van der Waals surface area (Å²) in [5.41, 5.74) is -0.480. The molecule has 0 spiro atoms. The van der Waals surface area contributed by atoms with Gasteiger partial charge in [-0.2, -0.15) is 0 Å². The van der Waals surface area contributed by atoms with E-state index in [4.69, 9.17) is 14.2 Å². The number of carbonyl (C=O) groups is 2. The fourth-order valence-corrected chi connectivity index (χ4v) is 6.80. The number of fused-ring (bicyclic) bond motifs is 2. The van der Waals surface area contributed by atoms with Gasteiger partial charge in [-0.25, -0.2) is 0 Å². The average molecular weight is 624 g/mol. The van der Waals surface area contributed by atoms with Gasteiger partial charge in [0.15, 0.2) is 11.4 Å². The van der Waals surface area contributed by atoms with Crippen LogP contribution in [0, 0.1) is 0 Å². The van der Waals surface area contributed by atoms with Gasteiger partial charge >= 0.3 is 0 Å². The van der Waals surface area contributed by atoms with E-state index in [1.54, 1.807) is 24.3 Å². The molecule has 2 fully saturated rings. The Kier molecular flexibility index (Phi) is 8.46. The minimum absolute atomic E-state index is 0.00981. The Labute approximate surface area is 259 Å². The Morgan fingerprint density at radius 1 is 1.11 bits per heavy atom. The number of benzene rings is 3. The molecule has 1 saturated carbocycles. The molecule has 45 heavy (non-hydrogen) atoms. The smallest absolute Gasteiger partial charge is 0.254 e. The van der Waals surface area contributed by atoms with Crippen LogP contribution in [0.25, 0.3) is 10.8 Å². The number of hydrogen-bond acceptors (Lipinski definition) is 11. The summed E-state index contributed by atoms with van der Waals surface area (Å²) in [6, 6.07) is 12.0. The van der Waals surface area contributed by atoms with Crippen molar-refractivity contribution in [2.24, 2.45) is 0 Å². The van der Waals surface area contributed by atoms with Crippen molar-refractivity contribution in [1.82, 2.24) is 4.90 Å². The number of ketones is 1. The number of carbonyl (C=O) groups excluding carboxylic acids is 2. The van der Waals surface area contributed by atoms with Crippen LogP contribution in [-0.4, -0.2) is 104 Å². The predicted octanol–water partition coefficient (Wildman–Crippen LogP) is 1.59. The highest BCUT2D eigenvalue weighted by Gasteiger charge is 2.56. The summed E-state index contributed by atoms with van der Waals surface area (Å²) in [6.07, 6.45) is -3.33. The van der Waals surface area contributed by atoms with E-state index in [1.165, 1.54) is 18.1 Å². The summed E-state index contributed by atoms with van der Waals surface area (Å²) in [6.45, 7) is -1.81. The van der Waals surface area contributed by atoms with Crippen molar-refractivity contribution < 1.29 is 54.4 Å². The van der Waals surface area contributed by atoms with Gasteiger partial charge in [0.2, 0.25) is 6.29 Å². The molecule has 2 aliphatic heterocycles. The number of rotatable bonds is 9. The quantitative estimate of drug-likeness (QED) is 0.190. The Morgan fingerprint density at radius 2 is 1.84 bits per heavy atom. The van der Waals surface area contributed by atoms with Crippen molar-refractivity contribution in [3.63, 3.8) is 0 Å². The number of aliphatic hydroxyl groups excluding tert-OH is 4. The van der Waals surface area contributed by atoms with Crippen LogP contribution >= 0.6 is 0 Å². The number of hydrogen-bond donors (Lipinski definition) is 6. The van der Waals surface area contributed by atoms with Crippen molar-refractivity contribution >= 4 is 22.5 Å². The number of ether oxygens (including phenoxy) is 3. The summed E-state index contributed by atoms with van der Waals surface area (Å²) in [5, 5.41) is 64.2. The standard InChI is InChI=1S/C33H37NO11/c1-43-20-10-19-11-22(17-6-2-3-7-17)27(23(37)14-34-13-18-8-4-5-9-21(18)31(34)41)29(39)26(19)24(12-20)44-32-33(42,16-36)30(40)28(38)25(15-35)45-32/h4-5,8-12,17,25,28,30,32,35-36,38-40,42H,2-3,6-7,13-16H2,1H3/t25-,28-,30+,32-,33-/m1/s1. The maximum atomic E-state index is 14.1. The third-order valence-electron chi connectivity index (χ3n) is 9.31. The second-order valence-corrected chi connectivity index (χ2v) is 12.0. The molecule has 1 saturated heterocycles. The van der Waals surface area contributed by atoms with Crippen molar-refractivity contribution in [2.45, 2.75) is 68.3 Å². The summed E-state index contributed by atoms with van der Waals surface area (Å²) >= 11 is 0. The van der Waals surface area contributed by atoms with E-state index in [-0.39, 0.29) is 41.6 Å². The normalized spacial score (nSPS) is 26.8. The van der Waals surface area contributed by atoms with Crippen LogP contribution in [0.2, 0.25) is 0 Å². The Hall–Kier alpha value is -3.78. The lowest BCUT2D eigenvalue weighted by molar-refractivity contribution is -0.327. The highest BCUT2D eigenvalue weighted by Crippen LogP contribution is 2.47. The fraction of sp³-hybridized carbons (Fsp3) is 0.455. The van der Waals surface area contributed by atoms with Crippen LogP contribution < -0.4 is 9.47 Å². The summed E-state index contributed by atoms with van der Waals surface area (Å²) in [5.74, 6) is -0.952. The van der Waals surface area contributed by atoms with Crippen LogP contribution in [0.3, 0.4) is 0 Å². The van der Waals surface area contributed by atoms with Gasteiger partial charge in [0.1, 0.15) is 35.6 Å². The van der Waals surface area contributed by atoms with Crippen LogP contribution in [0.15, 0.2) is 42.5 Å². The monoisotopic (exact) mass is 623 g/mol. The van der Waals surface area contributed by atoms with Gasteiger partial charge < -0.3 is 49.7 Å². The molecule has 3 aliphatic rings. The first kappa shape index (κ1) is 31.2. The zero-order chi connectivity index (χ0) is 32.0. The minimum Gasteiger partial charge on any atom is -0.506 e. The van der Waals surface area contributed by atoms with E-state index in [1.807, 2.05) is 12.1 Å². The molecule has 1 amide bonds. The van der Waals surface area contributed by atoms with Crippen LogP contribution in [-0.2, 0) is 11.3 Å². The number of amides is 1. The van der Waals surface area contributed by atoms with Crippen LogP contribution in [0.4, 0.5) is 0 Å². The van der Waals surface area contributed by atoms with Crippen LogP contribution in [0.5, 0.6) is 17.2 Å². The molecule has 6 N–H and O–H groups in total. The predicted molar refractivity (Wildman–Crippen MR) is 159 cm³/mol. The maximum absolute atomic E-state index is 14.1. The topological polar surface area (TPSA) is 186 Å². The molecule has 0 bridgehead atoms. The summed E-state index contributed by atoms with van der Waals surface area (Å²) in [7, 11) is 1.43. The van der Waals surface area contributed by atoms with Crippen molar-refractivity contribution in [3.05, 3.63) is 64.7 Å². The molecule has 5 atom stereocenters. The highest BCUT2D eigenvalue weighted by molar-refractivity contribution is 6.10. The molecular formula is C33H37NO11. The molecule has 12 nitrogen and oxygen atoms in total. The molecule has 12 heteroatoms. The van der Waals surface area contributed by atoms with Gasteiger partial charge in [0, 0.05) is 18.2 Å². The van der Waals surface area contributed by atoms with E-state index in [2.05, 4.69) is 0 Å². The lowest BCUT2D eigenvalue weighted by Gasteiger charge is -2.46. The van der Waals surface area contributed by atoms with Gasteiger partial charge in [0.05, 0.1) is 37.8 Å². The number of Topliss-reactive ketones (excluding diaryl/α,β-unsaturated/α-hetero) is 1. The molecule has 1 aliphatic carbocycles. The zero-order valence-electron chi connectivity index (χ0n) is 24.8. The van der Waals surface area contributed by atoms with Crippen molar-refractivity contribution in [2.75, 3.05) is 26.9 Å². The molecule has 240 valence electrons. The lowest BCUT2D eigenvalue weighted by Crippen LogP contribution is -2.69. The fourth-order valence-electron chi connectivity index (χ4n) is 6.80. The van der Waals surface area contributed by atoms with E-state index >= 15 is 0 Å². The molecule has 3 aromatic carbocycles. The Bertz CT molecular complexity index is 1620. The average Bonchev–Trinajstić information content (AvgIpc) is 3.69. The van der Waals surface area contributed by atoms with Gasteiger partial charge in [-0.3, -0.25) is 9.59 Å². The molecule has 0 unspecified atom stereocenters. The van der Waals surface area contributed by atoms with E-state index in [0.29, 0.717) is 22.3 Å². The molecule has 6 rings (SSSR count). The number of methoxy groups -OCH3 is 1. The minimum atomic E-state index is -2.52. The summed E-state index contributed by atoms with van der Waals surface area (Å²) in [4.78, 5) is 28.6. The number of aliphatic hydroxyl groups is 5. The molecule has 0 aromatic heterocycles. The maximum Gasteiger partial charge on any atom is 0.254 e. The molecular weight excluding hydrogens is 586 g/mol. The van der Waals surface area contributed by atoms with Crippen molar-refractivity contribution in [1.29, 1.82) is 0 Å². The largest absolute Gasteiger partial charge is 0.506 e. The van der Waals surface area contributed by atoms with Gasteiger partial charge in [-0.1, -0.05) is 31.0 Å². The molecule has 2 heterocycles. The third kappa shape index (κ3) is 5.31. The van der Waals surface area contributed by atoms with Crippen molar-refractivity contribution in [3.8, 4) is 17.2 Å². The van der Waals surface area contributed by atoms with E-state index in [9.17, 15) is 40.2 Å². The van der Waals surface area contributed by atoms with E-state index < -0.39 is 54.9 Å². The SMILES string of the molecule is COc1cc(O[C@@H]2O[C@H](CO)[C@@H](O)[C@H](O)[C@]2(O)CO)c2c(O)c(C(=O)CN3Cc4ccccc4C3=O)c(C3CCCC3)cc2c1. The number of aromatic hydroxyl groups is 1. The number of nitrogens with zero attached hydrogens (tertiary/aromatic N) is 1. The molecule has 0 radical (unpaired) electrons. The number of phenolic OH excluding ortho intramolecular Hbond substituents is 1. The number of phenols is 1. The van der Waals surface area contributed by atoms with Gasteiger partial charge in [0.25, 0.3) is 5.91 Å². The van der Waals surface area contributed by atoms with Crippen LogP contribution in [0.1, 0.15) is 63.4 Å². The lowest BCUT2D eigenvalue weighted by atomic mass is 9.86. The Balaban J connectivity index is 1.45. The second kappa shape index (κ2) is 12.2.